The molecule has 0 unspecified atom stereocenters. The molecule has 39 heavy (non-hydrogen) atoms. The minimum absolute atomic E-state index is 0.313. The molecule has 0 rings (SSSR count). The molecule has 0 aromatic heterocycles. The lowest BCUT2D eigenvalue weighted by molar-refractivity contribution is -0.0261. The van der Waals surface area contributed by atoms with E-state index < -0.39 is 0 Å². The normalized spacial score (nSPS) is 11.3. The molecule has 0 fully saturated rings. The van der Waals surface area contributed by atoms with Crippen molar-refractivity contribution in [2.75, 3.05) is 132 Å². The van der Waals surface area contributed by atoms with Gasteiger partial charge in [-0.25, -0.2) is 0 Å². The molecule has 0 saturated carbocycles. The minimum Gasteiger partial charge on any atom is -0.379 e. The minimum atomic E-state index is 0.313. The first-order valence-corrected chi connectivity index (χ1v) is 14.6. The van der Waals surface area contributed by atoms with E-state index in [1.54, 1.807) is 0 Å². The van der Waals surface area contributed by atoms with Gasteiger partial charge in [0.25, 0.3) is 0 Å². The van der Waals surface area contributed by atoms with E-state index in [2.05, 4.69) is 12.8 Å². The van der Waals surface area contributed by atoms with Gasteiger partial charge in [-0.05, 0) is 6.42 Å². The molecule has 232 valence electrons. The zero-order chi connectivity index (χ0) is 28.2. The third kappa shape index (κ3) is 37.2. The van der Waals surface area contributed by atoms with E-state index in [1.165, 1.54) is 32.1 Å². The highest BCUT2D eigenvalue weighted by molar-refractivity contribution is 4.82. The van der Waals surface area contributed by atoms with Crippen LogP contribution in [0.5, 0.6) is 0 Å². The molecule has 0 aliphatic rings. The van der Waals surface area contributed by atoms with Gasteiger partial charge in [0.1, 0.15) is 6.61 Å². The second-order valence-corrected chi connectivity index (χ2v) is 8.54. The van der Waals surface area contributed by atoms with E-state index in [0.29, 0.717) is 126 Å². The number of unbranched alkanes of at least 4 members (excludes halogenated alkanes) is 5. The maximum atomic E-state index is 5.58. The van der Waals surface area contributed by atoms with Crippen molar-refractivity contribution < 1.29 is 47.4 Å². The van der Waals surface area contributed by atoms with Gasteiger partial charge in [-0.3, -0.25) is 0 Å². The second kappa shape index (κ2) is 37.2. The largest absolute Gasteiger partial charge is 0.379 e. The summed E-state index contributed by atoms with van der Waals surface area (Å²) in [5, 5.41) is 0. The third-order valence-electron chi connectivity index (χ3n) is 5.18. The van der Waals surface area contributed by atoms with E-state index >= 15 is 0 Å². The molecule has 0 aromatic carbocycles. The lowest BCUT2D eigenvalue weighted by Gasteiger charge is -2.09. The summed E-state index contributed by atoms with van der Waals surface area (Å²) in [6.45, 7) is 13.1. The van der Waals surface area contributed by atoms with Crippen molar-refractivity contribution in [2.45, 2.75) is 45.4 Å². The van der Waals surface area contributed by atoms with Crippen LogP contribution in [0.15, 0.2) is 0 Å². The number of hydrogen-bond donors (Lipinski definition) is 0. The summed E-state index contributed by atoms with van der Waals surface area (Å²) in [6.07, 6.45) is 12.8. The van der Waals surface area contributed by atoms with Crippen molar-refractivity contribution >= 4 is 0 Å². The van der Waals surface area contributed by atoms with Gasteiger partial charge < -0.3 is 47.4 Å². The fourth-order valence-corrected chi connectivity index (χ4v) is 3.09. The Labute approximate surface area is 237 Å². The third-order valence-corrected chi connectivity index (χ3v) is 5.18. The highest BCUT2D eigenvalue weighted by Crippen LogP contribution is 2.04. The second-order valence-electron chi connectivity index (χ2n) is 8.54. The summed E-state index contributed by atoms with van der Waals surface area (Å²) in [5.41, 5.74) is 0. The molecule has 0 bridgehead atoms. The van der Waals surface area contributed by atoms with Crippen LogP contribution in [0.1, 0.15) is 45.4 Å². The Morgan fingerprint density at radius 3 is 0.897 bits per heavy atom. The van der Waals surface area contributed by atoms with Gasteiger partial charge >= 0.3 is 0 Å². The van der Waals surface area contributed by atoms with Crippen LogP contribution in [-0.4, -0.2) is 132 Å². The average molecular weight is 565 g/mol. The summed E-state index contributed by atoms with van der Waals surface area (Å²) in [7, 11) is 0. The van der Waals surface area contributed by atoms with Gasteiger partial charge in [0, 0.05) is 6.61 Å². The first kappa shape index (κ1) is 38.2. The number of rotatable bonds is 35. The predicted octanol–water partition coefficient (Wildman–Crippen LogP) is 3.15. The molecule has 0 heterocycles. The number of hydrogen-bond acceptors (Lipinski definition) is 10. The zero-order valence-corrected chi connectivity index (χ0v) is 24.5. The van der Waals surface area contributed by atoms with Crippen molar-refractivity contribution in [1.82, 2.24) is 0 Å². The zero-order valence-electron chi connectivity index (χ0n) is 24.5. The van der Waals surface area contributed by atoms with Crippen LogP contribution in [0.3, 0.4) is 0 Å². The monoisotopic (exact) mass is 564 g/mol. The molecular formula is C29H56O10. The molecule has 0 aliphatic heterocycles. The van der Waals surface area contributed by atoms with Crippen molar-refractivity contribution in [2.24, 2.45) is 0 Å². The highest BCUT2D eigenvalue weighted by atomic mass is 16.6. The molecule has 10 heteroatoms. The van der Waals surface area contributed by atoms with Crippen LogP contribution in [0.25, 0.3) is 0 Å². The summed E-state index contributed by atoms with van der Waals surface area (Å²) < 4.78 is 54.2. The van der Waals surface area contributed by atoms with Gasteiger partial charge in [0.15, 0.2) is 0 Å². The first-order chi connectivity index (χ1) is 19.4. The van der Waals surface area contributed by atoms with Crippen molar-refractivity contribution in [3.63, 3.8) is 0 Å². The molecule has 0 aliphatic carbocycles. The van der Waals surface area contributed by atoms with Crippen LogP contribution in [0, 0.1) is 12.3 Å². The summed E-state index contributed by atoms with van der Waals surface area (Å²) in [5.74, 6) is 2.40. The maximum Gasteiger partial charge on any atom is 0.107 e. The lowest BCUT2D eigenvalue weighted by atomic mass is 10.1. The SMILES string of the molecule is C#CCOCCOCCOCCOCCOCCOCCOCCOCCOCCOCCCCCCCC. The van der Waals surface area contributed by atoms with Gasteiger partial charge in [0.2, 0.25) is 0 Å². The molecule has 0 atom stereocenters. The molecule has 10 nitrogen and oxygen atoms in total. The Kier molecular flexibility index (Phi) is 36.4. The van der Waals surface area contributed by atoms with Crippen LogP contribution in [0.4, 0.5) is 0 Å². The number of ether oxygens (including phenoxy) is 10. The van der Waals surface area contributed by atoms with Crippen molar-refractivity contribution in [3.8, 4) is 12.3 Å². The van der Waals surface area contributed by atoms with Gasteiger partial charge in [-0.2, -0.15) is 0 Å². The molecule has 0 saturated heterocycles. The van der Waals surface area contributed by atoms with E-state index in [1.807, 2.05) is 0 Å². The molecule has 0 aromatic rings. The Hall–Kier alpha value is -0.840. The first-order valence-electron chi connectivity index (χ1n) is 14.6. The Bertz CT molecular complexity index is 475. The molecule has 0 amide bonds. The summed E-state index contributed by atoms with van der Waals surface area (Å²) >= 11 is 0. The highest BCUT2D eigenvalue weighted by Gasteiger charge is 1.96. The van der Waals surface area contributed by atoms with Crippen LogP contribution in [-0.2, 0) is 47.4 Å². The fourth-order valence-electron chi connectivity index (χ4n) is 3.09. The van der Waals surface area contributed by atoms with E-state index in [4.69, 9.17) is 53.8 Å². The molecule has 0 spiro atoms. The maximum absolute atomic E-state index is 5.58. The van der Waals surface area contributed by atoms with Crippen molar-refractivity contribution in [3.05, 3.63) is 0 Å². The van der Waals surface area contributed by atoms with Gasteiger partial charge in [0.05, 0.1) is 119 Å². The summed E-state index contributed by atoms with van der Waals surface area (Å²) in [6, 6.07) is 0. The standard InChI is InChI=1S/C29H56O10/c1-3-5-6-7-8-9-11-31-13-15-33-17-19-35-21-23-37-25-27-39-29-28-38-26-24-36-22-20-34-18-16-32-14-12-30-10-4-2/h2H,3,5-29H2,1H3. The predicted molar refractivity (Wildman–Crippen MR) is 150 cm³/mol. The smallest absolute Gasteiger partial charge is 0.107 e. The van der Waals surface area contributed by atoms with Crippen LogP contribution >= 0.6 is 0 Å². The number of terminal acetylenes is 1. The molecular weight excluding hydrogens is 508 g/mol. The topological polar surface area (TPSA) is 92.3 Å². The van der Waals surface area contributed by atoms with E-state index in [0.717, 1.165) is 13.0 Å². The fraction of sp³-hybridized carbons (Fsp3) is 0.931. The van der Waals surface area contributed by atoms with Crippen molar-refractivity contribution in [1.29, 1.82) is 0 Å². The van der Waals surface area contributed by atoms with Crippen LogP contribution < -0.4 is 0 Å². The van der Waals surface area contributed by atoms with Gasteiger partial charge in [-0.15, -0.1) is 6.42 Å². The van der Waals surface area contributed by atoms with E-state index in [9.17, 15) is 0 Å². The van der Waals surface area contributed by atoms with Gasteiger partial charge in [-0.1, -0.05) is 44.9 Å². The Balaban J connectivity index is 3.02. The molecule has 0 radical (unpaired) electrons. The Morgan fingerprint density at radius 2 is 0.590 bits per heavy atom. The average Bonchev–Trinajstić information content (AvgIpc) is 2.95. The lowest BCUT2D eigenvalue weighted by Crippen LogP contribution is -2.15. The van der Waals surface area contributed by atoms with Crippen LogP contribution in [0.2, 0.25) is 0 Å². The molecule has 0 N–H and O–H groups in total. The van der Waals surface area contributed by atoms with E-state index in [-0.39, 0.29) is 0 Å². The Morgan fingerprint density at radius 1 is 0.333 bits per heavy atom. The quantitative estimate of drug-likeness (QED) is 0.0844. The summed E-state index contributed by atoms with van der Waals surface area (Å²) in [4.78, 5) is 0.